The average molecular weight is 298 g/mol. The molecule has 20 heavy (non-hydrogen) atoms. The van der Waals surface area contributed by atoms with Gasteiger partial charge in [-0.2, -0.15) is 4.39 Å². The Balaban J connectivity index is 2.32. The normalized spacial score (nSPS) is 22.0. The van der Waals surface area contributed by atoms with E-state index in [2.05, 4.69) is 4.98 Å². The molecule has 2 atom stereocenters. The SMILES string of the molecule is CCCC1SCC(C(=O)O)N1C(=O)c1cccnc1F. The fourth-order valence-corrected chi connectivity index (χ4v) is 3.69. The fraction of sp³-hybridized carbons (Fsp3) is 0.462. The zero-order valence-corrected chi connectivity index (χ0v) is 11.8. The van der Waals surface area contributed by atoms with Crippen molar-refractivity contribution in [3.8, 4) is 0 Å². The van der Waals surface area contributed by atoms with Crippen LogP contribution in [-0.4, -0.2) is 44.0 Å². The number of aliphatic carboxylic acids is 1. The molecule has 0 saturated carbocycles. The first-order valence-electron chi connectivity index (χ1n) is 6.33. The Labute approximate surface area is 120 Å². The number of thioether (sulfide) groups is 1. The van der Waals surface area contributed by atoms with Crippen LogP contribution in [0.5, 0.6) is 0 Å². The number of nitrogens with zero attached hydrogens (tertiary/aromatic N) is 2. The van der Waals surface area contributed by atoms with Crippen LogP contribution in [0.25, 0.3) is 0 Å². The second kappa shape index (κ2) is 6.21. The fourth-order valence-electron chi connectivity index (χ4n) is 2.18. The van der Waals surface area contributed by atoms with Crippen LogP contribution in [-0.2, 0) is 4.79 Å². The molecule has 1 N–H and O–H groups in total. The predicted molar refractivity (Wildman–Crippen MR) is 72.9 cm³/mol. The topological polar surface area (TPSA) is 70.5 Å². The van der Waals surface area contributed by atoms with Crippen molar-refractivity contribution >= 4 is 23.6 Å². The molecule has 7 heteroatoms. The van der Waals surface area contributed by atoms with E-state index < -0.39 is 23.9 Å². The average Bonchev–Trinajstić information content (AvgIpc) is 2.83. The van der Waals surface area contributed by atoms with Crippen molar-refractivity contribution in [1.82, 2.24) is 9.88 Å². The first-order chi connectivity index (χ1) is 9.56. The Morgan fingerprint density at radius 1 is 1.60 bits per heavy atom. The molecule has 0 aliphatic carbocycles. The molecule has 1 saturated heterocycles. The Hall–Kier alpha value is -1.63. The third kappa shape index (κ3) is 2.77. The molecule has 2 heterocycles. The van der Waals surface area contributed by atoms with Crippen molar-refractivity contribution in [2.45, 2.75) is 31.2 Å². The second-order valence-electron chi connectivity index (χ2n) is 4.48. The standard InChI is InChI=1S/C13H15FN2O3S/c1-2-4-10-16(9(7-20-10)13(18)19)12(17)8-5-3-6-15-11(8)14/h3,5-6,9-10H,2,4,7H2,1H3,(H,18,19). The number of pyridine rings is 1. The summed E-state index contributed by atoms with van der Waals surface area (Å²) in [5.41, 5.74) is -0.178. The minimum absolute atomic E-state index is 0.178. The number of carboxylic acids is 1. The largest absolute Gasteiger partial charge is 0.480 e. The van der Waals surface area contributed by atoms with E-state index in [9.17, 15) is 19.1 Å². The lowest BCUT2D eigenvalue weighted by molar-refractivity contribution is -0.141. The van der Waals surface area contributed by atoms with Crippen molar-refractivity contribution < 1.29 is 19.1 Å². The van der Waals surface area contributed by atoms with Gasteiger partial charge in [0.2, 0.25) is 5.95 Å². The van der Waals surface area contributed by atoms with Crippen LogP contribution in [0, 0.1) is 5.95 Å². The number of carbonyl (C=O) groups excluding carboxylic acids is 1. The smallest absolute Gasteiger partial charge is 0.327 e. The number of halogens is 1. The van der Waals surface area contributed by atoms with Crippen LogP contribution >= 0.6 is 11.8 Å². The van der Waals surface area contributed by atoms with Crippen molar-refractivity contribution in [1.29, 1.82) is 0 Å². The summed E-state index contributed by atoms with van der Waals surface area (Å²) < 4.78 is 13.6. The molecule has 2 rings (SSSR count). The maximum absolute atomic E-state index is 13.6. The summed E-state index contributed by atoms with van der Waals surface area (Å²) in [6, 6.07) is 1.88. The molecule has 0 radical (unpaired) electrons. The van der Waals surface area contributed by atoms with E-state index in [0.29, 0.717) is 12.2 Å². The van der Waals surface area contributed by atoms with Crippen LogP contribution in [0.3, 0.4) is 0 Å². The Bertz CT molecular complexity index is 526. The molecule has 0 spiro atoms. The van der Waals surface area contributed by atoms with Gasteiger partial charge < -0.3 is 10.0 Å². The lowest BCUT2D eigenvalue weighted by Gasteiger charge is -2.27. The molecule has 0 bridgehead atoms. The lowest BCUT2D eigenvalue weighted by atomic mass is 10.1. The number of carbonyl (C=O) groups is 2. The number of amides is 1. The minimum atomic E-state index is -1.06. The van der Waals surface area contributed by atoms with Gasteiger partial charge in [0.25, 0.3) is 5.91 Å². The number of rotatable bonds is 4. The zero-order valence-electron chi connectivity index (χ0n) is 11.0. The van der Waals surface area contributed by atoms with E-state index in [1.54, 1.807) is 0 Å². The molecule has 1 aromatic heterocycles. The van der Waals surface area contributed by atoms with E-state index in [4.69, 9.17) is 0 Å². The summed E-state index contributed by atoms with van der Waals surface area (Å²) in [6.07, 6.45) is 2.76. The molecule has 0 aromatic carbocycles. The van der Waals surface area contributed by atoms with E-state index in [1.165, 1.54) is 35.0 Å². The van der Waals surface area contributed by atoms with Gasteiger partial charge in [0.05, 0.1) is 10.9 Å². The molecule has 1 aliphatic heterocycles. The van der Waals surface area contributed by atoms with Gasteiger partial charge in [-0.3, -0.25) is 4.79 Å². The highest BCUT2D eigenvalue weighted by molar-refractivity contribution is 8.00. The van der Waals surface area contributed by atoms with Gasteiger partial charge in [-0.1, -0.05) is 13.3 Å². The summed E-state index contributed by atoms with van der Waals surface area (Å²) in [5.74, 6) is -2.21. The van der Waals surface area contributed by atoms with Gasteiger partial charge in [-0.25, -0.2) is 9.78 Å². The van der Waals surface area contributed by atoms with Crippen molar-refractivity contribution in [3.05, 3.63) is 29.8 Å². The van der Waals surface area contributed by atoms with Crippen LogP contribution in [0.1, 0.15) is 30.1 Å². The molecular weight excluding hydrogens is 283 g/mol. The minimum Gasteiger partial charge on any atom is -0.480 e. The van der Waals surface area contributed by atoms with Gasteiger partial charge >= 0.3 is 5.97 Å². The highest BCUT2D eigenvalue weighted by Crippen LogP contribution is 2.33. The number of hydrogen-bond acceptors (Lipinski definition) is 4. The van der Waals surface area contributed by atoms with Crippen LogP contribution in [0.15, 0.2) is 18.3 Å². The third-order valence-electron chi connectivity index (χ3n) is 3.14. The Morgan fingerprint density at radius 2 is 2.35 bits per heavy atom. The Morgan fingerprint density at radius 3 is 2.95 bits per heavy atom. The summed E-state index contributed by atoms with van der Waals surface area (Å²) >= 11 is 1.42. The number of hydrogen-bond donors (Lipinski definition) is 1. The molecule has 1 fully saturated rings. The van der Waals surface area contributed by atoms with Gasteiger partial charge in [0.1, 0.15) is 6.04 Å². The summed E-state index contributed by atoms with van der Waals surface area (Å²) in [6.45, 7) is 1.96. The van der Waals surface area contributed by atoms with Crippen molar-refractivity contribution in [3.63, 3.8) is 0 Å². The van der Waals surface area contributed by atoms with Gasteiger partial charge in [0, 0.05) is 11.9 Å². The zero-order chi connectivity index (χ0) is 14.7. The van der Waals surface area contributed by atoms with Gasteiger partial charge in [-0.05, 0) is 18.6 Å². The van der Waals surface area contributed by atoms with E-state index >= 15 is 0 Å². The molecule has 1 aliphatic rings. The predicted octanol–water partition coefficient (Wildman–Crippen LogP) is 1.99. The molecule has 1 aromatic rings. The number of aromatic nitrogens is 1. The molecule has 5 nitrogen and oxygen atoms in total. The monoisotopic (exact) mass is 298 g/mol. The lowest BCUT2D eigenvalue weighted by Crippen LogP contribution is -2.45. The second-order valence-corrected chi connectivity index (χ2v) is 5.70. The number of carboxylic acid groups (broad SMARTS) is 1. The third-order valence-corrected chi connectivity index (χ3v) is 4.49. The van der Waals surface area contributed by atoms with E-state index in [-0.39, 0.29) is 10.9 Å². The molecule has 2 unspecified atom stereocenters. The summed E-state index contributed by atoms with van der Waals surface area (Å²) in [5, 5.41) is 8.99. The summed E-state index contributed by atoms with van der Waals surface area (Å²) in [4.78, 5) is 28.4. The van der Waals surface area contributed by atoms with Crippen molar-refractivity contribution in [2.24, 2.45) is 0 Å². The Kier molecular flexibility index (Phi) is 4.59. The first kappa shape index (κ1) is 14.8. The maximum atomic E-state index is 13.6. The van der Waals surface area contributed by atoms with Gasteiger partial charge in [0.15, 0.2) is 0 Å². The van der Waals surface area contributed by atoms with Crippen LogP contribution in [0.4, 0.5) is 4.39 Å². The van der Waals surface area contributed by atoms with Gasteiger partial charge in [-0.15, -0.1) is 11.8 Å². The summed E-state index contributed by atoms with van der Waals surface area (Å²) in [7, 11) is 0. The maximum Gasteiger partial charge on any atom is 0.327 e. The van der Waals surface area contributed by atoms with Crippen molar-refractivity contribution in [2.75, 3.05) is 5.75 Å². The molecule has 1 amide bonds. The van der Waals surface area contributed by atoms with Crippen LogP contribution < -0.4 is 0 Å². The van der Waals surface area contributed by atoms with E-state index in [1.807, 2.05) is 6.92 Å². The molecular formula is C13H15FN2O3S. The van der Waals surface area contributed by atoms with E-state index in [0.717, 1.165) is 6.42 Å². The highest BCUT2D eigenvalue weighted by atomic mass is 32.2. The quantitative estimate of drug-likeness (QED) is 0.861. The van der Waals surface area contributed by atoms with Crippen LogP contribution in [0.2, 0.25) is 0 Å². The first-order valence-corrected chi connectivity index (χ1v) is 7.38. The molecule has 108 valence electrons. The highest BCUT2D eigenvalue weighted by Gasteiger charge is 2.42.